The minimum absolute atomic E-state index is 0.0321. The summed E-state index contributed by atoms with van der Waals surface area (Å²) in [5.41, 5.74) is 5.54. The van der Waals surface area contributed by atoms with Crippen molar-refractivity contribution in [2.24, 2.45) is 10.9 Å². The zero-order valence-electron chi connectivity index (χ0n) is 10.5. The van der Waals surface area contributed by atoms with Crippen molar-refractivity contribution in [1.29, 1.82) is 0 Å². The van der Waals surface area contributed by atoms with E-state index >= 15 is 0 Å². The Bertz CT molecular complexity index is 730. The number of rotatable bonds is 5. The molecule has 0 heterocycles. The molecule has 1 aromatic carbocycles. The average molecular weight is 317 g/mol. The quantitative estimate of drug-likeness (QED) is 0.572. The van der Waals surface area contributed by atoms with Crippen LogP contribution in [-0.2, 0) is 20.0 Å². The molecule has 0 atom stereocenters. The molecular weight excluding hydrogens is 302 g/mol. The normalized spacial score (nSPS) is 11.7. The molecule has 0 fully saturated rings. The van der Waals surface area contributed by atoms with Crippen LogP contribution in [0.2, 0.25) is 0 Å². The van der Waals surface area contributed by atoms with Gasteiger partial charge in [0.05, 0.1) is 17.2 Å². The fourth-order valence-corrected chi connectivity index (χ4v) is 3.05. The van der Waals surface area contributed by atoms with Gasteiger partial charge in [0.2, 0.25) is 20.0 Å². The minimum Gasteiger partial charge on any atom is -0.320 e. The average Bonchev–Trinajstić information content (AvgIpc) is 2.34. The molecule has 20 heavy (non-hydrogen) atoms. The summed E-state index contributed by atoms with van der Waals surface area (Å²) in [4.78, 5) is -0.0321. The van der Waals surface area contributed by atoms with Gasteiger partial charge in [0.25, 0.3) is 0 Å². The SMILES string of the molecule is NCC#Cc1ccccc1S(=O)(=O)NCCS(N)(=O)=O. The first-order chi connectivity index (χ1) is 9.26. The van der Waals surface area contributed by atoms with Gasteiger partial charge in [-0.1, -0.05) is 24.0 Å². The van der Waals surface area contributed by atoms with Crippen LogP contribution < -0.4 is 15.6 Å². The third kappa shape index (κ3) is 5.28. The van der Waals surface area contributed by atoms with Crippen molar-refractivity contribution < 1.29 is 16.8 Å². The van der Waals surface area contributed by atoms with Crippen molar-refractivity contribution in [2.75, 3.05) is 18.8 Å². The largest absolute Gasteiger partial charge is 0.320 e. The van der Waals surface area contributed by atoms with E-state index in [9.17, 15) is 16.8 Å². The fourth-order valence-electron chi connectivity index (χ4n) is 1.35. The van der Waals surface area contributed by atoms with Crippen molar-refractivity contribution in [1.82, 2.24) is 4.72 Å². The highest BCUT2D eigenvalue weighted by atomic mass is 32.2. The molecule has 0 saturated heterocycles. The summed E-state index contributed by atoms with van der Waals surface area (Å²) in [5.74, 6) is 4.73. The zero-order chi connectivity index (χ0) is 15.2. The van der Waals surface area contributed by atoms with E-state index in [1.807, 2.05) is 0 Å². The monoisotopic (exact) mass is 317 g/mol. The lowest BCUT2D eigenvalue weighted by Crippen LogP contribution is -2.31. The van der Waals surface area contributed by atoms with Crippen LogP contribution >= 0.6 is 0 Å². The summed E-state index contributed by atoms with van der Waals surface area (Å²) in [7, 11) is -7.58. The molecule has 0 aromatic heterocycles. The van der Waals surface area contributed by atoms with E-state index in [4.69, 9.17) is 10.9 Å². The van der Waals surface area contributed by atoms with Crippen LogP contribution in [0.5, 0.6) is 0 Å². The summed E-state index contributed by atoms with van der Waals surface area (Å²) >= 11 is 0. The van der Waals surface area contributed by atoms with Crippen molar-refractivity contribution in [3.63, 3.8) is 0 Å². The van der Waals surface area contributed by atoms with Crippen LogP contribution in [0.1, 0.15) is 5.56 Å². The molecule has 0 aliphatic rings. The molecule has 0 radical (unpaired) electrons. The summed E-state index contributed by atoms with van der Waals surface area (Å²) in [6, 6.07) is 6.10. The van der Waals surface area contributed by atoms with E-state index in [-0.39, 0.29) is 18.0 Å². The highest BCUT2D eigenvalue weighted by molar-refractivity contribution is 7.90. The van der Waals surface area contributed by atoms with Gasteiger partial charge in [-0.05, 0) is 12.1 Å². The molecule has 0 spiro atoms. The molecule has 0 aliphatic carbocycles. The molecule has 1 aromatic rings. The van der Waals surface area contributed by atoms with E-state index in [0.29, 0.717) is 5.56 Å². The maximum atomic E-state index is 12.1. The molecule has 9 heteroatoms. The van der Waals surface area contributed by atoms with Gasteiger partial charge in [0.15, 0.2) is 0 Å². The lowest BCUT2D eigenvalue weighted by molar-refractivity contribution is 0.581. The Labute approximate surface area is 118 Å². The molecule has 1 rings (SSSR count). The van der Waals surface area contributed by atoms with Gasteiger partial charge in [-0.25, -0.2) is 26.7 Å². The Hall–Kier alpha value is -1.44. The van der Waals surface area contributed by atoms with Crippen molar-refractivity contribution >= 4 is 20.0 Å². The van der Waals surface area contributed by atoms with Crippen LogP contribution in [-0.4, -0.2) is 35.7 Å². The topological polar surface area (TPSA) is 132 Å². The third-order valence-corrected chi connectivity index (χ3v) is 4.47. The lowest BCUT2D eigenvalue weighted by Gasteiger charge is -2.07. The molecule has 0 aliphatic heterocycles. The first kappa shape index (κ1) is 16.6. The fraction of sp³-hybridized carbons (Fsp3) is 0.273. The van der Waals surface area contributed by atoms with Gasteiger partial charge in [-0.2, -0.15) is 0 Å². The third-order valence-electron chi connectivity index (χ3n) is 2.18. The standard InChI is InChI=1S/C11H15N3O4S2/c12-7-3-5-10-4-1-2-6-11(10)20(17,18)14-8-9-19(13,15)16/h1-2,4,6,14H,7-9,12H2,(H2,13,15,16). The predicted molar refractivity (Wildman–Crippen MR) is 75.5 cm³/mol. The molecule has 7 nitrogen and oxygen atoms in total. The maximum Gasteiger partial charge on any atom is 0.241 e. The maximum absolute atomic E-state index is 12.1. The molecule has 5 N–H and O–H groups in total. The van der Waals surface area contributed by atoms with Gasteiger partial charge < -0.3 is 5.73 Å². The second-order valence-corrected chi connectivity index (χ2v) is 7.24. The van der Waals surface area contributed by atoms with Crippen LogP contribution in [0.25, 0.3) is 0 Å². The summed E-state index contributed by atoms with van der Waals surface area (Å²) in [6.45, 7) is -0.201. The van der Waals surface area contributed by atoms with Gasteiger partial charge in [0.1, 0.15) is 0 Å². The number of sulfonamides is 2. The number of nitrogens with one attached hydrogen (secondary N) is 1. The molecule has 0 bridgehead atoms. The molecule has 110 valence electrons. The molecule has 0 unspecified atom stereocenters. The number of benzene rings is 1. The number of hydrogen-bond donors (Lipinski definition) is 3. The first-order valence-electron chi connectivity index (χ1n) is 5.54. The highest BCUT2D eigenvalue weighted by Crippen LogP contribution is 2.13. The smallest absolute Gasteiger partial charge is 0.241 e. The van der Waals surface area contributed by atoms with E-state index in [1.165, 1.54) is 12.1 Å². The highest BCUT2D eigenvalue weighted by Gasteiger charge is 2.17. The minimum atomic E-state index is -3.86. The second-order valence-electron chi connectivity index (χ2n) is 3.77. The van der Waals surface area contributed by atoms with Crippen LogP contribution in [0.15, 0.2) is 29.2 Å². The zero-order valence-corrected chi connectivity index (χ0v) is 12.2. The first-order valence-corrected chi connectivity index (χ1v) is 8.74. The van der Waals surface area contributed by atoms with Crippen LogP contribution in [0.4, 0.5) is 0 Å². The summed E-state index contributed by atoms with van der Waals surface area (Å²) < 4.78 is 47.8. The molecular formula is C11H15N3O4S2. The lowest BCUT2D eigenvalue weighted by atomic mass is 10.2. The van der Waals surface area contributed by atoms with Gasteiger partial charge in [-0.15, -0.1) is 0 Å². The van der Waals surface area contributed by atoms with Gasteiger partial charge in [-0.3, -0.25) is 0 Å². The number of primary sulfonamides is 1. The van der Waals surface area contributed by atoms with Crippen molar-refractivity contribution in [3.8, 4) is 11.8 Å². The Morgan fingerprint density at radius 2 is 1.80 bits per heavy atom. The number of nitrogens with two attached hydrogens (primary N) is 2. The molecule has 0 amide bonds. The predicted octanol–water partition coefficient (Wildman–Crippen LogP) is -1.44. The van der Waals surface area contributed by atoms with E-state index < -0.39 is 25.8 Å². The van der Waals surface area contributed by atoms with Crippen molar-refractivity contribution in [3.05, 3.63) is 29.8 Å². The van der Waals surface area contributed by atoms with E-state index in [2.05, 4.69) is 16.6 Å². The Morgan fingerprint density at radius 3 is 2.40 bits per heavy atom. The van der Waals surface area contributed by atoms with Crippen molar-refractivity contribution in [2.45, 2.75) is 4.90 Å². The Balaban J connectivity index is 2.98. The summed E-state index contributed by atoms with van der Waals surface area (Å²) in [5, 5.41) is 4.80. The van der Waals surface area contributed by atoms with E-state index in [0.717, 1.165) is 0 Å². The Morgan fingerprint density at radius 1 is 1.15 bits per heavy atom. The van der Waals surface area contributed by atoms with E-state index in [1.54, 1.807) is 12.1 Å². The van der Waals surface area contributed by atoms with Gasteiger partial charge >= 0.3 is 0 Å². The Kier molecular flexibility index (Phi) is 5.67. The molecule has 0 saturated carbocycles. The second kappa shape index (κ2) is 6.83. The van der Waals surface area contributed by atoms with Crippen LogP contribution in [0.3, 0.4) is 0 Å². The number of hydrogen-bond acceptors (Lipinski definition) is 5. The van der Waals surface area contributed by atoms with Crippen LogP contribution in [0, 0.1) is 11.8 Å². The summed E-state index contributed by atoms with van der Waals surface area (Å²) in [6.07, 6.45) is 0. The van der Waals surface area contributed by atoms with Gasteiger partial charge in [0, 0.05) is 12.1 Å².